The smallest absolute Gasteiger partial charge is 0.416 e. The molecule has 3 rings (SSSR count). The molecule has 0 saturated carbocycles. The topological polar surface area (TPSA) is 77.2 Å². The predicted octanol–water partition coefficient (Wildman–Crippen LogP) is 5.10. The molecule has 168 valence electrons. The van der Waals surface area contributed by atoms with Crippen LogP contribution in [0.25, 0.3) is 0 Å². The van der Waals surface area contributed by atoms with Crippen LogP contribution in [0.2, 0.25) is 0 Å². The lowest BCUT2D eigenvalue weighted by atomic mass is 10.1. The molecule has 8 heteroatoms. The van der Waals surface area contributed by atoms with Gasteiger partial charge in [-0.05, 0) is 61.2 Å². The Kier molecular flexibility index (Phi) is 7.48. The second-order valence-electron chi connectivity index (χ2n) is 7.51. The van der Waals surface area contributed by atoms with Gasteiger partial charge in [0.15, 0.2) is 0 Å². The highest BCUT2D eigenvalue weighted by Gasteiger charge is 2.29. The third-order valence-corrected chi connectivity index (χ3v) is 4.97. The van der Waals surface area contributed by atoms with Crippen molar-refractivity contribution in [2.24, 2.45) is 5.73 Å². The first-order valence-electron chi connectivity index (χ1n) is 10.1. The number of aryl methyl sites for hydroxylation is 1. The maximum absolute atomic E-state index is 12.6. The van der Waals surface area contributed by atoms with Gasteiger partial charge in [-0.15, -0.1) is 0 Å². The number of halogens is 3. The predicted molar refractivity (Wildman–Crippen MR) is 115 cm³/mol. The first kappa shape index (κ1) is 23.3. The number of nitrogens with two attached hydrogens (primary N) is 1. The molecule has 0 bridgehead atoms. The number of amides is 1. The van der Waals surface area contributed by atoms with E-state index in [0.717, 1.165) is 36.1 Å². The Bertz CT molecular complexity index is 1020. The normalized spacial score (nSPS) is 12.4. The third-order valence-electron chi connectivity index (χ3n) is 4.97. The van der Waals surface area contributed by atoms with Crippen LogP contribution in [0.1, 0.15) is 40.4 Å². The van der Waals surface area contributed by atoms with E-state index in [1.54, 1.807) is 12.1 Å². The monoisotopic (exact) mass is 443 g/mol. The van der Waals surface area contributed by atoms with Gasteiger partial charge in [0.25, 0.3) is 0 Å². The number of aromatic nitrogens is 1. The number of pyridine rings is 1. The van der Waals surface area contributed by atoms with Crippen molar-refractivity contribution in [3.8, 4) is 11.6 Å². The molecule has 3 aromatic rings. The molecule has 0 radical (unpaired) electrons. The van der Waals surface area contributed by atoms with Gasteiger partial charge in [-0.1, -0.05) is 24.3 Å². The van der Waals surface area contributed by atoms with E-state index in [2.05, 4.69) is 10.3 Å². The molecule has 0 fully saturated rings. The SMILES string of the molecule is CC(CCc1ccc(Oc2ccc(C(N)=O)cn2)cc1)NCc1ccc(C(F)(F)F)cc1. The van der Waals surface area contributed by atoms with Crippen LogP contribution >= 0.6 is 0 Å². The highest BCUT2D eigenvalue weighted by molar-refractivity contribution is 5.92. The van der Waals surface area contributed by atoms with Crippen molar-refractivity contribution in [2.75, 3.05) is 0 Å². The summed E-state index contributed by atoms with van der Waals surface area (Å²) in [6, 6.07) is 16.2. The van der Waals surface area contributed by atoms with Gasteiger partial charge in [-0.25, -0.2) is 4.98 Å². The fourth-order valence-corrected chi connectivity index (χ4v) is 3.02. The number of ether oxygens (including phenoxy) is 1. The van der Waals surface area contributed by atoms with Crippen molar-refractivity contribution >= 4 is 5.91 Å². The van der Waals surface area contributed by atoms with Crippen molar-refractivity contribution in [2.45, 2.75) is 38.5 Å². The van der Waals surface area contributed by atoms with Gasteiger partial charge in [0.05, 0.1) is 11.1 Å². The summed E-state index contributed by atoms with van der Waals surface area (Å²) in [5, 5.41) is 3.34. The highest BCUT2D eigenvalue weighted by Crippen LogP contribution is 2.29. The second-order valence-corrected chi connectivity index (χ2v) is 7.51. The molecule has 5 nitrogen and oxygen atoms in total. The highest BCUT2D eigenvalue weighted by atomic mass is 19.4. The third kappa shape index (κ3) is 6.81. The minimum absolute atomic E-state index is 0.196. The Morgan fingerprint density at radius 3 is 2.25 bits per heavy atom. The summed E-state index contributed by atoms with van der Waals surface area (Å²) in [7, 11) is 0. The fourth-order valence-electron chi connectivity index (χ4n) is 3.02. The van der Waals surface area contributed by atoms with E-state index in [0.29, 0.717) is 23.7 Å². The molecule has 0 aliphatic rings. The molecule has 0 aliphatic carbocycles. The summed E-state index contributed by atoms with van der Waals surface area (Å²) in [6.45, 7) is 2.55. The number of benzene rings is 2. The first-order chi connectivity index (χ1) is 15.2. The number of hydrogen-bond acceptors (Lipinski definition) is 4. The van der Waals surface area contributed by atoms with Gasteiger partial charge in [0, 0.05) is 24.8 Å². The van der Waals surface area contributed by atoms with Crippen molar-refractivity contribution in [3.63, 3.8) is 0 Å². The Morgan fingerprint density at radius 2 is 1.69 bits per heavy atom. The first-order valence-corrected chi connectivity index (χ1v) is 10.1. The Morgan fingerprint density at radius 1 is 1.03 bits per heavy atom. The Labute approximate surface area is 184 Å². The molecule has 1 heterocycles. The average molecular weight is 443 g/mol. The van der Waals surface area contributed by atoms with Gasteiger partial charge >= 0.3 is 6.18 Å². The van der Waals surface area contributed by atoms with Crippen molar-refractivity contribution in [3.05, 3.63) is 89.1 Å². The maximum Gasteiger partial charge on any atom is 0.416 e. The summed E-state index contributed by atoms with van der Waals surface area (Å²) >= 11 is 0. The standard InChI is InChI=1S/C24H24F3N3O2/c1-16(29-14-18-4-9-20(10-5-18)24(25,26)27)2-3-17-6-11-21(12-7-17)32-22-13-8-19(15-30-22)23(28)31/h4-13,15-16,29H,2-3,14H2,1H3,(H2,28,31). The van der Waals surface area contributed by atoms with Crippen molar-refractivity contribution in [1.82, 2.24) is 10.3 Å². The number of hydrogen-bond donors (Lipinski definition) is 2. The molecule has 0 aliphatic heterocycles. The quantitative estimate of drug-likeness (QED) is 0.482. The van der Waals surface area contributed by atoms with Crippen LogP contribution in [-0.4, -0.2) is 16.9 Å². The van der Waals surface area contributed by atoms with E-state index in [9.17, 15) is 18.0 Å². The zero-order valence-electron chi connectivity index (χ0n) is 17.5. The molecule has 1 unspecified atom stereocenters. The molecule has 2 aromatic carbocycles. The molecule has 0 saturated heterocycles. The number of primary amides is 1. The average Bonchev–Trinajstić information content (AvgIpc) is 2.77. The van der Waals surface area contributed by atoms with Gasteiger partial charge in [-0.2, -0.15) is 13.2 Å². The molecule has 0 spiro atoms. The van der Waals surface area contributed by atoms with Gasteiger partial charge in [-0.3, -0.25) is 4.79 Å². The van der Waals surface area contributed by atoms with Gasteiger partial charge in [0.1, 0.15) is 5.75 Å². The van der Waals surface area contributed by atoms with E-state index < -0.39 is 17.6 Å². The Hall–Kier alpha value is -3.39. The number of alkyl halides is 3. The second kappa shape index (κ2) is 10.3. The number of nitrogens with zero attached hydrogens (tertiary/aromatic N) is 1. The lowest BCUT2D eigenvalue weighted by Crippen LogP contribution is -2.26. The summed E-state index contributed by atoms with van der Waals surface area (Å²) in [6.07, 6.45) is -1.24. The number of nitrogens with one attached hydrogen (secondary N) is 1. The van der Waals surface area contributed by atoms with E-state index in [4.69, 9.17) is 10.5 Å². The van der Waals surface area contributed by atoms with E-state index in [1.165, 1.54) is 18.3 Å². The van der Waals surface area contributed by atoms with E-state index in [-0.39, 0.29) is 6.04 Å². The van der Waals surface area contributed by atoms with E-state index in [1.807, 2.05) is 31.2 Å². The van der Waals surface area contributed by atoms with Crippen LogP contribution < -0.4 is 15.8 Å². The zero-order chi connectivity index (χ0) is 23.1. The largest absolute Gasteiger partial charge is 0.439 e. The number of carbonyl (C=O) groups is 1. The lowest BCUT2D eigenvalue weighted by molar-refractivity contribution is -0.137. The molecular formula is C24H24F3N3O2. The van der Waals surface area contributed by atoms with E-state index >= 15 is 0 Å². The lowest BCUT2D eigenvalue weighted by Gasteiger charge is -2.15. The molecular weight excluding hydrogens is 419 g/mol. The summed E-state index contributed by atoms with van der Waals surface area (Å²) in [5.41, 5.74) is 6.81. The van der Waals surface area contributed by atoms with Crippen molar-refractivity contribution in [1.29, 1.82) is 0 Å². The summed E-state index contributed by atoms with van der Waals surface area (Å²) in [4.78, 5) is 15.1. The maximum atomic E-state index is 12.6. The fraction of sp³-hybridized carbons (Fsp3) is 0.250. The zero-order valence-corrected chi connectivity index (χ0v) is 17.5. The molecule has 3 N–H and O–H groups in total. The molecule has 1 atom stereocenters. The van der Waals surface area contributed by atoms with Crippen LogP contribution in [-0.2, 0) is 19.1 Å². The minimum atomic E-state index is -4.31. The molecule has 1 aromatic heterocycles. The van der Waals surface area contributed by atoms with Crippen LogP contribution in [0.15, 0.2) is 66.9 Å². The van der Waals surface area contributed by atoms with Crippen LogP contribution in [0.4, 0.5) is 13.2 Å². The number of carbonyl (C=O) groups excluding carboxylic acids is 1. The number of rotatable bonds is 9. The Balaban J connectivity index is 1.43. The van der Waals surface area contributed by atoms with Crippen LogP contribution in [0.5, 0.6) is 11.6 Å². The minimum Gasteiger partial charge on any atom is -0.439 e. The van der Waals surface area contributed by atoms with Crippen LogP contribution in [0, 0.1) is 0 Å². The summed E-state index contributed by atoms with van der Waals surface area (Å²) < 4.78 is 43.5. The summed E-state index contributed by atoms with van der Waals surface area (Å²) in [5.74, 6) is 0.446. The molecule has 32 heavy (non-hydrogen) atoms. The van der Waals surface area contributed by atoms with Crippen LogP contribution in [0.3, 0.4) is 0 Å². The van der Waals surface area contributed by atoms with Crippen molar-refractivity contribution < 1.29 is 22.7 Å². The molecule has 1 amide bonds. The van der Waals surface area contributed by atoms with Gasteiger partial charge in [0.2, 0.25) is 11.8 Å². The van der Waals surface area contributed by atoms with Gasteiger partial charge < -0.3 is 15.8 Å².